The van der Waals surface area contributed by atoms with E-state index in [1.54, 1.807) is 27.7 Å². The number of carbonyl (C=O) groups is 2. The fourth-order valence-corrected chi connectivity index (χ4v) is 3.31. The lowest BCUT2D eigenvalue weighted by atomic mass is 10.0. The largest absolute Gasteiger partial charge is 0.340 e. The molecule has 0 unspecified atom stereocenters. The van der Waals surface area contributed by atoms with Crippen molar-refractivity contribution >= 4 is 27.5 Å². The first kappa shape index (κ1) is 22.5. The molecule has 7 nitrogen and oxygen atoms in total. The van der Waals surface area contributed by atoms with Crippen LogP contribution in [0.4, 0.5) is 10.1 Å². The number of halogens is 1. The number of sulfonamides is 1. The average Bonchev–Trinajstić information content (AvgIpc) is 2.62. The van der Waals surface area contributed by atoms with Gasteiger partial charge < -0.3 is 10.6 Å². The maximum absolute atomic E-state index is 13.1. The first-order chi connectivity index (χ1) is 13.4. The maximum Gasteiger partial charge on any atom is 0.251 e. The van der Waals surface area contributed by atoms with E-state index in [4.69, 9.17) is 5.14 Å². The summed E-state index contributed by atoms with van der Waals surface area (Å²) in [6.07, 6.45) is 0. The third kappa shape index (κ3) is 5.61. The molecule has 2 rings (SSSR count). The van der Waals surface area contributed by atoms with Crippen LogP contribution in [-0.4, -0.2) is 26.3 Å². The van der Waals surface area contributed by atoms with Crippen LogP contribution in [0, 0.1) is 25.6 Å². The molecular weight excluding hydrogens is 397 g/mol. The van der Waals surface area contributed by atoms with Crippen LogP contribution in [0.1, 0.15) is 35.3 Å². The zero-order valence-corrected chi connectivity index (χ0v) is 17.4. The van der Waals surface area contributed by atoms with Gasteiger partial charge in [0, 0.05) is 11.3 Å². The topological polar surface area (TPSA) is 118 Å². The SMILES string of the molecule is Cc1cc(S(N)(=O)=O)cc(NC(=O)[C@@H](NC(=O)c2ccc(F)cc2)C(C)C)c1C. The molecule has 29 heavy (non-hydrogen) atoms. The summed E-state index contributed by atoms with van der Waals surface area (Å²) in [5, 5.41) is 10.5. The van der Waals surface area contributed by atoms with Gasteiger partial charge in [-0.25, -0.2) is 17.9 Å². The average molecular weight is 421 g/mol. The van der Waals surface area contributed by atoms with Gasteiger partial charge in [-0.2, -0.15) is 0 Å². The van der Waals surface area contributed by atoms with Crippen LogP contribution in [0.15, 0.2) is 41.3 Å². The zero-order valence-electron chi connectivity index (χ0n) is 16.6. The highest BCUT2D eigenvalue weighted by atomic mass is 32.2. The molecule has 2 amide bonds. The first-order valence-corrected chi connectivity index (χ1v) is 10.5. The predicted molar refractivity (Wildman–Crippen MR) is 108 cm³/mol. The second-order valence-corrected chi connectivity index (χ2v) is 8.71. The van der Waals surface area contributed by atoms with Gasteiger partial charge in [-0.15, -0.1) is 0 Å². The van der Waals surface area contributed by atoms with E-state index < -0.39 is 33.7 Å². The van der Waals surface area contributed by atoms with E-state index >= 15 is 0 Å². The summed E-state index contributed by atoms with van der Waals surface area (Å²) in [6.45, 7) is 6.96. The Kier molecular flexibility index (Phi) is 6.76. The van der Waals surface area contributed by atoms with Crippen LogP contribution in [0.3, 0.4) is 0 Å². The number of nitrogens with two attached hydrogens (primary N) is 1. The number of nitrogens with one attached hydrogen (secondary N) is 2. The van der Waals surface area contributed by atoms with E-state index in [0.29, 0.717) is 16.8 Å². The van der Waals surface area contributed by atoms with Gasteiger partial charge in [0.1, 0.15) is 11.9 Å². The lowest BCUT2D eigenvalue weighted by molar-refractivity contribution is -0.118. The van der Waals surface area contributed by atoms with E-state index in [0.717, 1.165) is 12.1 Å². The Morgan fingerprint density at radius 2 is 1.66 bits per heavy atom. The van der Waals surface area contributed by atoms with Crippen LogP contribution in [-0.2, 0) is 14.8 Å². The third-order valence-electron chi connectivity index (χ3n) is 4.57. The van der Waals surface area contributed by atoms with Gasteiger partial charge >= 0.3 is 0 Å². The number of hydrogen-bond acceptors (Lipinski definition) is 4. The van der Waals surface area contributed by atoms with Gasteiger partial charge in [-0.1, -0.05) is 13.8 Å². The Hall–Kier alpha value is -2.78. The summed E-state index contributed by atoms with van der Waals surface area (Å²) in [5.74, 6) is -1.77. The molecule has 2 aromatic carbocycles. The number of hydrogen-bond donors (Lipinski definition) is 3. The normalized spacial score (nSPS) is 12.5. The minimum Gasteiger partial charge on any atom is -0.340 e. The molecule has 0 aliphatic heterocycles. The Morgan fingerprint density at radius 1 is 1.07 bits per heavy atom. The van der Waals surface area contributed by atoms with Gasteiger partial charge in [0.25, 0.3) is 5.91 Å². The molecule has 0 bridgehead atoms. The Morgan fingerprint density at radius 3 is 2.17 bits per heavy atom. The summed E-state index contributed by atoms with van der Waals surface area (Å²) in [7, 11) is -3.95. The van der Waals surface area contributed by atoms with Gasteiger partial charge in [-0.05, 0) is 67.3 Å². The minimum absolute atomic E-state index is 0.118. The predicted octanol–water partition coefficient (Wildman–Crippen LogP) is 2.48. The number of primary sulfonamides is 1. The third-order valence-corrected chi connectivity index (χ3v) is 5.46. The summed E-state index contributed by atoms with van der Waals surface area (Å²) < 4.78 is 36.4. The highest BCUT2D eigenvalue weighted by Crippen LogP contribution is 2.24. The van der Waals surface area contributed by atoms with Crippen LogP contribution in [0.2, 0.25) is 0 Å². The molecule has 2 aromatic rings. The molecule has 0 radical (unpaired) electrons. The van der Waals surface area contributed by atoms with Crippen molar-refractivity contribution in [2.24, 2.45) is 11.1 Å². The molecule has 0 heterocycles. The monoisotopic (exact) mass is 421 g/mol. The van der Waals surface area contributed by atoms with E-state index in [1.165, 1.54) is 24.3 Å². The molecule has 0 saturated heterocycles. The standard InChI is InChI=1S/C20H24FN3O4S/c1-11(2)18(24-19(25)14-5-7-15(21)8-6-14)20(26)23-17-10-16(29(22,27)28)9-12(3)13(17)4/h5-11,18H,1-4H3,(H,23,26)(H,24,25)(H2,22,27,28)/t18-/m0/s1. The van der Waals surface area contributed by atoms with Crippen molar-refractivity contribution in [3.63, 3.8) is 0 Å². The molecule has 0 aromatic heterocycles. The molecule has 0 spiro atoms. The number of anilines is 1. The fourth-order valence-electron chi connectivity index (χ4n) is 2.69. The fraction of sp³-hybridized carbons (Fsp3) is 0.300. The number of aryl methyl sites for hydroxylation is 1. The second kappa shape index (κ2) is 8.71. The highest BCUT2D eigenvalue weighted by Gasteiger charge is 2.26. The van der Waals surface area contributed by atoms with Crippen LogP contribution in [0.25, 0.3) is 0 Å². The van der Waals surface area contributed by atoms with Crippen molar-refractivity contribution in [1.29, 1.82) is 0 Å². The van der Waals surface area contributed by atoms with Crippen molar-refractivity contribution < 1.29 is 22.4 Å². The quantitative estimate of drug-likeness (QED) is 0.664. The Balaban J connectivity index is 2.27. The maximum atomic E-state index is 13.1. The van der Waals surface area contributed by atoms with E-state index in [-0.39, 0.29) is 16.4 Å². The molecule has 0 fully saturated rings. The number of rotatable bonds is 6. The second-order valence-electron chi connectivity index (χ2n) is 7.15. The van der Waals surface area contributed by atoms with E-state index in [1.807, 2.05) is 0 Å². The van der Waals surface area contributed by atoms with Crippen molar-refractivity contribution in [2.75, 3.05) is 5.32 Å². The Labute approximate surface area is 169 Å². The van der Waals surface area contributed by atoms with Gasteiger partial charge in [0.2, 0.25) is 15.9 Å². The van der Waals surface area contributed by atoms with Crippen LogP contribution in [0.5, 0.6) is 0 Å². The number of amides is 2. The lowest BCUT2D eigenvalue weighted by Gasteiger charge is -2.23. The molecule has 0 aliphatic rings. The van der Waals surface area contributed by atoms with Crippen LogP contribution < -0.4 is 15.8 Å². The summed E-state index contributed by atoms with van der Waals surface area (Å²) >= 11 is 0. The van der Waals surface area contributed by atoms with Crippen molar-refractivity contribution in [3.05, 3.63) is 58.9 Å². The lowest BCUT2D eigenvalue weighted by Crippen LogP contribution is -2.47. The minimum atomic E-state index is -3.95. The molecular formula is C20H24FN3O4S. The smallest absolute Gasteiger partial charge is 0.251 e. The molecule has 4 N–H and O–H groups in total. The first-order valence-electron chi connectivity index (χ1n) is 8.91. The summed E-state index contributed by atoms with van der Waals surface area (Å²) in [6, 6.07) is 6.77. The molecule has 0 saturated carbocycles. The van der Waals surface area contributed by atoms with Crippen LogP contribution >= 0.6 is 0 Å². The van der Waals surface area contributed by atoms with Crippen molar-refractivity contribution in [2.45, 2.75) is 38.6 Å². The van der Waals surface area contributed by atoms with Crippen molar-refractivity contribution in [1.82, 2.24) is 5.32 Å². The molecule has 156 valence electrons. The van der Waals surface area contributed by atoms with Gasteiger partial charge in [-0.3, -0.25) is 9.59 Å². The molecule has 9 heteroatoms. The van der Waals surface area contributed by atoms with Crippen molar-refractivity contribution in [3.8, 4) is 0 Å². The van der Waals surface area contributed by atoms with E-state index in [2.05, 4.69) is 10.6 Å². The van der Waals surface area contributed by atoms with E-state index in [9.17, 15) is 22.4 Å². The zero-order chi connectivity index (χ0) is 21.9. The molecule has 0 aliphatic carbocycles. The van der Waals surface area contributed by atoms with Gasteiger partial charge in [0.05, 0.1) is 4.90 Å². The molecule has 1 atom stereocenters. The summed E-state index contributed by atoms with van der Waals surface area (Å²) in [5.41, 5.74) is 1.83. The van der Waals surface area contributed by atoms with Gasteiger partial charge in [0.15, 0.2) is 0 Å². The number of benzene rings is 2. The highest BCUT2D eigenvalue weighted by molar-refractivity contribution is 7.89. The number of carbonyl (C=O) groups excluding carboxylic acids is 2. The summed E-state index contributed by atoms with van der Waals surface area (Å²) in [4.78, 5) is 25.1. The Bertz CT molecular complexity index is 1030.